The van der Waals surface area contributed by atoms with Gasteiger partial charge in [0.25, 0.3) is 0 Å². The van der Waals surface area contributed by atoms with Gasteiger partial charge in [0.15, 0.2) is 0 Å². The number of hydrogen-bond acceptors (Lipinski definition) is 1. The SMILES string of the molecule is NCCC12CCCCC1CC2. The van der Waals surface area contributed by atoms with Gasteiger partial charge < -0.3 is 5.73 Å². The van der Waals surface area contributed by atoms with E-state index < -0.39 is 0 Å². The van der Waals surface area contributed by atoms with Gasteiger partial charge in [0.1, 0.15) is 0 Å². The van der Waals surface area contributed by atoms with Gasteiger partial charge in [0.2, 0.25) is 0 Å². The molecule has 2 saturated carbocycles. The fourth-order valence-electron chi connectivity index (χ4n) is 3.15. The van der Waals surface area contributed by atoms with Gasteiger partial charge in [-0.2, -0.15) is 0 Å². The van der Waals surface area contributed by atoms with Crippen LogP contribution in [0.3, 0.4) is 0 Å². The Morgan fingerprint density at radius 1 is 1.18 bits per heavy atom. The largest absolute Gasteiger partial charge is 0.330 e. The predicted octanol–water partition coefficient (Wildman–Crippen LogP) is 2.31. The van der Waals surface area contributed by atoms with E-state index in [1.165, 1.54) is 44.9 Å². The summed E-state index contributed by atoms with van der Waals surface area (Å²) in [6.07, 6.45) is 10.2. The Bertz CT molecular complexity index is 140. The summed E-state index contributed by atoms with van der Waals surface area (Å²) in [4.78, 5) is 0. The van der Waals surface area contributed by atoms with Crippen LogP contribution < -0.4 is 5.73 Å². The van der Waals surface area contributed by atoms with Crippen molar-refractivity contribution in [3.8, 4) is 0 Å². The van der Waals surface area contributed by atoms with Gasteiger partial charge in [-0.3, -0.25) is 0 Å². The molecule has 2 rings (SSSR count). The summed E-state index contributed by atoms with van der Waals surface area (Å²) in [6, 6.07) is 0. The highest BCUT2D eigenvalue weighted by Crippen LogP contribution is 2.57. The van der Waals surface area contributed by atoms with Crippen molar-refractivity contribution < 1.29 is 0 Å². The Kier molecular flexibility index (Phi) is 1.92. The first kappa shape index (κ1) is 7.60. The van der Waals surface area contributed by atoms with Crippen LogP contribution in [0.15, 0.2) is 0 Å². The van der Waals surface area contributed by atoms with Gasteiger partial charge in [0, 0.05) is 0 Å². The molecule has 2 N–H and O–H groups in total. The van der Waals surface area contributed by atoms with E-state index in [0.29, 0.717) is 0 Å². The van der Waals surface area contributed by atoms with Gasteiger partial charge in [-0.05, 0) is 50.0 Å². The fraction of sp³-hybridized carbons (Fsp3) is 1.00. The molecule has 2 unspecified atom stereocenters. The summed E-state index contributed by atoms with van der Waals surface area (Å²) in [5, 5.41) is 0. The highest BCUT2D eigenvalue weighted by Gasteiger charge is 2.46. The molecule has 0 heterocycles. The average molecular weight is 153 g/mol. The first-order valence-electron chi connectivity index (χ1n) is 5.07. The minimum Gasteiger partial charge on any atom is -0.330 e. The molecule has 2 aliphatic rings. The number of fused-ring (bicyclic) bond motifs is 1. The van der Waals surface area contributed by atoms with Crippen LogP contribution >= 0.6 is 0 Å². The molecule has 0 saturated heterocycles. The molecule has 0 radical (unpaired) electrons. The monoisotopic (exact) mass is 153 g/mol. The van der Waals surface area contributed by atoms with Crippen LogP contribution in [0.4, 0.5) is 0 Å². The Morgan fingerprint density at radius 2 is 2.09 bits per heavy atom. The lowest BCUT2D eigenvalue weighted by atomic mass is 9.52. The molecule has 0 aliphatic heterocycles. The molecule has 0 aromatic rings. The van der Waals surface area contributed by atoms with Crippen molar-refractivity contribution in [2.45, 2.75) is 44.9 Å². The van der Waals surface area contributed by atoms with E-state index in [0.717, 1.165) is 17.9 Å². The second-order valence-corrected chi connectivity index (χ2v) is 4.38. The summed E-state index contributed by atoms with van der Waals surface area (Å²) in [7, 11) is 0. The Hall–Kier alpha value is -0.0400. The smallest absolute Gasteiger partial charge is 0.00719 e. The van der Waals surface area contributed by atoms with E-state index in [9.17, 15) is 0 Å². The van der Waals surface area contributed by atoms with Crippen LogP contribution in [0.1, 0.15) is 44.9 Å². The predicted molar refractivity (Wildman–Crippen MR) is 47.3 cm³/mol. The van der Waals surface area contributed by atoms with Gasteiger partial charge in [-0.25, -0.2) is 0 Å². The maximum absolute atomic E-state index is 5.64. The van der Waals surface area contributed by atoms with E-state index in [1.54, 1.807) is 0 Å². The topological polar surface area (TPSA) is 26.0 Å². The highest BCUT2D eigenvalue weighted by atomic mass is 14.6. The van der Waals surface area contributed by atoms with Crippen LogP contribution in [-0.4, -0.2) is 6.54 Å². The van der Waals surface area contributed by atoms with Crippen molar-refractivity contribution in [2.75, 3.05) is 6.54 Å². The molecular formula is C10H19N. The number of rotatable bonds is 2. The molecule has 2 fully saturated rings. The van der Waals surface area contributed by atoms with E-state index in [1.807, 2.05) is 0 Å². The van der Waals surface area contributed by atoms with Crippen molar-refractivity contribution in [1.82, 2.24) is 0 Å². The molecule has 0 amide bonds. The van der Waals surface area contributed by atoms with Crippen LogP contribution in [0.2, 0.25) is 0 Å². The summed E-state index contributed by atoms with van der Waals surface area (Å²) < 4.78 is 0. The van der Waals surface area contributed by atoms with Crippen LogP contribution in [0.25, 0.3) is 0 Å². The third-order valence-corrected chi connectivity index (χ3v) is 3.98. The average Bonchev–Trinajstić information content (AvgIpc) is 1.98. The Labute approximate surface area is 69.4 Å². The lowest BCUT2D eigenvalue weighted by Gasteiger charge is -2.53. The third-order valence-electron chi connectivity index (χ3n) is 3.98. The standard InChI is InChI=1S/C10H19N/c11-8-7-10-5-2-1-3-9(10)4-6-10/h9H,1-8,11H2. The van der Waals surface area contributed by atoms with E-state index in [4.69, 9.17) is 5.73 Å². The minimum absolute atomic E-state index is 0.743. The molecule has 11 heavy (non-hydrogen) atoms. The van der Waals surface area contributed by atoms with E-state index in [2.05, 4.69) is 0 Å². The number of hydrogen-bond donors (Lipinski definition) is 1. The molecule has 0 spiro atoms. The van der Waals surface area contributed by atoms with Crippen molar-refractivity contribution >= 4 is 0 Å². The lowest BCUT2D eigenvalue weighted by molar-refractivity contribution is -0.0190. The maximum Gasteiger partial charge on any atom is -0.00719 e. The second-order valence-electron chi connectivity index (χ2n) is 4.38. The second kappa shape index (κ2) is 2.78. The van der Waals surface area contributed by atoms with Crippen LogP contribution in [-0.2, 0) is 0 Å². The molecule has 0 aromatic carbocycles. The van der Waals surface area contributed by atoms with Gasteiger partial charge in [0.05, 0.1) is 0 Å². The molecular weight excluding hydrogens is 134 g/mol. The summed E-state index contributed by atoms with van der Waals surface area (Å²) in [5.41, 5.74) is 6.38. The molecule has 2 atom stereocenters. The maximum atomic E-state index is 5.64. The molecule has 0 aromatic heterocycles. The van der Waals surface area contributed by atoms with Crippen LogP contribution in [0.5, 0.6) is 0 Å². The van der Waals surface area contributed by atoms with Crippen molar-refractivity contribution in [1.29, 1.82) is 0 Å². The third kappa shape index (κ3) is 1.10. The molecule has 64 valence electrons. The summed E-state index contributed by atoms with van der Waals surface area (Å²) in [5.74, 6) is 1.07. The van der Waals surface area contributed by atoms with Gasteiger partial charge in [-0.1, -0.05) is 12.8 Å². The Morgan fingerprint density at radius 3 is 2.64 bits per heavy atom. The first-order valence-corrected chi connectivity index (χ1v) is 5.07. The molecule has 1 heteroatoms. The number of nitrogens with two attached hydrogens (primary N) is 1. The quantitative estimate of drug-likeness (QED) is 0.647. The zero-order valence-electron chi connectivity index (χ0n) is 7.31. The van der Waals surface area contributed by atoms with Gasteiger partial charge >= 0.3 is 0 Å². The van der Waals surface area contributed by atoms with Crippen LogP contribution in [0, 0.1) is 11.3 Å². The molecule has 0 bridgehead atoms. The molecule has 2 aliphatic carbocycles. The highest BCUT2D eigenvalue weighted by molar-refractivity contribution is 4.97. The fourth-order valence-corrected chi connectivity index (χ4v) is 3.15. The minimum atomic E-state index is 0.743. The normalized spacial score (nSPS) is 42.8. The molecule has 1 nitrogen and oxygen atoms in total. The zero-order chi connectivity index (χ0) is 7.73. The summed E-state index contributed by atoms with van der Waals surface area (Å²) in [6.45, 7) is 0.913. The van der Waals surface area contributed by atoms with Crippen molar-refractivity contribution in [3.05, 3.63) is 0 Å². The van der Waals surface area contributed by atoms with E-state index in [-0.39, 0.29) is 0 Å². The summed E-state index contributed by atoms with van der Waals surface area (Å²) >= 11 is 0. The van der Waals surface area contributed by atoms with Crippen molar-refractivity contribution in [3.63, 3.8) is 0 Å². The van der Waals surface area contributed by atoms with E-state index >= 15 is 0 Å². The lowest BCUT2D eigenvalue weighted by Crippen LogP contribution is -2.43. The first-order chi connectivity index (χ1) is 5.37. The van der Waals surface area contributed by atoms with Crippen molar-refractivity contribution in [2.24, 2.45) is 17.1 Å². The van der Waals surface area contributed by atoms with Gasteiger partial charge in [-0.15, -0.1) is 0 Å². The zero-order valence-corrected chi connectivity index (χ0v) is 7.31. The Balaban J connectivity index is 1.98.